The summed E-state index contributed by atoms with van der Waals surface area (Å²) in [5.74, 6) is 0.440. The van der Waals surface area contributed by atoms with Crippen LogP contribution in [0.1, 0.15) is 57.7 Å². The van der Waals surface area contributed by atoms with Gasteiger partial charge in [0.05, 0.1) is 18.7 Å². The molecule has 1 aromatic carbocycles. The molecule has 3 N–H and O–H groups in total. The average molecular weight is 373 g/mol. The molecule has 2 amide bonds. The molecule has 1 aromatic rings. The molecule has 27 heavy (non-hydrogen) atoms. The minimum absolute atomic E-state index is 0.106. The number of rotatable bonds is 8. The summed E-state index contributed by atoms with van der Waals surface area (Å²) < 4.78 is 5.11. The third-order valence-electron chi connectivity index (χ3n) is 4.70. The lowest BCUT2D eigenvalue weighted by Crippen LogP contribution is -2.46. The summed E-state index contributed by atoms with van der Waals surface area (Å²) in [5, 5.41) is 8.86. The molecule has 2 rings (SSSR count). The van der Waals surface area contributed by atoms with Gasteiger partial charge in [-0.05, 0) is 29.9 Å². The SMILES string of the molecule is CCOC(=O)C1=C(CN[C@H](c2ccc(C(C)C)cc2)C(C)C)NC(=O)NC1. The fourth-order valence-corrected chi connectivity index (χ4v) is 3.14. The summed E-state index contributed by atoms with van der Waals surface area (Å²) in [5.41, 5.74) is 3.52. The molecule has 0 spiro atoms. The van der Waals surface area contributed by atoms with Crippen LogP contribution in [0.15, 0.2) is 35.5 Å². The van der Waals surface area contributed by atoms with Crippen molar-refractivity contribution >= 4 is 12.0 Å². The minimum Gasteiger partial charge on any atom is -0.463 e. The molecule has 0 aromatic heterocycles. The van der Waals surface area contributed by atoms with Crippen LogP contribution in [0.3, 0.4) is 0 Å². The van der Waals surface area contributed by atoms with E-state index in [9.17, 15) is 9.59 Å². The van der Waals surface area contributed by atoms with Gasteiger partial charge in [0, 0.05) is 18.3 Å². The molecule has 1 aliphatic rings. The second-order valence-corrected chi connectivity index (χ2v) is 7.41. The molecule has 0 saturated carbocycles. The van der Waals surface area contributed by atoms with Crippen LogP contribution in [-0.2, 0) is 9.53 Å². The zero-order valence-corrected chi connectivity index (χ0v) is 16.9. The van der Waals surface area contributed by atoms with E-state index in [0.717, 1.165) is 0 Å². The van der Waals surface area contributed by atoms with Gasteiger partial charge < -0.3 is 20.7 Å². The summed E-state index contributed by atoms with van der Waals surface area (Å²) in [6.45, 7) is 11.3. The fraction of sp³-hybridized carbons (Fsp3) is 0.524. The molecular weight excluding hydrogens is 342 g/mol. The Morgan fingerprint density at radius 3 is 2.33 bits per heavy atom. The third kappa shape index (κ3) is 5.57. The van der Waals surface area contributed by atoms with Gasteiger partial charge in [-0.25, -0.2) is 9.59 Å². The van der Waals surface area contributed by atoms with Crippen LogP contribution >= 0.6 is 0 Å². The van der Waals surface area contributed by atoms with Crippen molar-refractivity contribution in [2.24, 2.45) is 5.92 Å². The second kappa shape index (κ2) is 9.55. The Hall–Kier alpha value is -2.34. The molecule has 148 valence electrons. The molecule has 0 fully saturated rings. The number of carbonyl (C=O) groups excluding carboxylic acids is 2. The number of benzene rings is 1. The van der Waals surface area contributed by atoms with E-state index in [1.807, 2.05) is 0 Å². The quantitative estimate of drug-likeness (QED) is 0.611. The summed E-state index contributed by atoms with van der Waals surface area (Å²) >= 11 is 0. The van der Waals surface area contributed by atoms with Crippen LogP contribution in [0.5, 0.6) is 0 Å². The van der Waals surface area contributed by atoms with E-state index in [0.29, 0.717) is 36.3 Å². The molecule has 1 heterocycles. The van der Waals surface area contributed by atoms with Crippen molar-refractivity contribution in [3.63, 3.8) is 0 Å². The first kappa shape index (κ1) is 21.0. The van der Waals surface area contributed by atoms with E-state index in [4.69, 9.17) is 4.74 Å². The summed E-state index contributed by atoms with van der Waals surface area (Å²) in [4.78, 5) is 23.9. The van der Waals surface area contributed by atoms with Gasteiger partial charge in [-0.2, -0.15) is 0 Å². The first-order chi connectivity index (χ1) is 12.8. The normalized spacial score (nSPS) is 15.6. The first-order valence-electron chi connectivity index (χ1n) is 9.60. The summed E-state index contributed by atoms with van der Waals surface area (Å²) in [6.07, 6.45) is 0. The van der Waals surface area contributed by atoms with Crippen molar-refractivity contribution in [1.29, 1.82) is 0 Å². The summed E-state index contributed by atoms with van der Waals surface area (Å²) in [7, 11) is 0. The van der Waals surface area contributed by atoms with E-state index in [2.05, 4.69) is 67.9 Å². The lowest BCUT2D eigenvalue weighted by Gasteiger charge is -2.27. The third-order valence-corrected chi connectivity index (χ3v) is 4.70. The largest absolute Gasteiger partial charge is 0.463 e. The number of esters is 1. The lowest BCUT2D eigenvalue weighted by atomic mass is 9.93. The average Bonchev–Trinajstić information content (AvgIpc) is 2.62. The molecule has 6 heteroatoms. The molecule has 1 atom stereocenters. The van der Waals surface area contributed by atoms with Gasteiger partial charge >= 0.3 is 12.0 Å². The molecular formula is C21H31N3O3. The van der Waals surface area contributed by atoms with Crippen LogP contribution in [0.2, 0.25) is 0 Å². The number of hydrogen-bond acceptors (Lipinski definition) is 4. The van der Waals surface area contributed by atoms with E-state index in [-0.39, 0.29) is 18.6 Å². The number of ether oxygens (including phenoxy) is 1. The maximum absolute atomic E-state index is 12.2. The molecule has 0 bridgehead atoms. The Labute approximate surface area is 161 Å². The molecule has 0 saturated heterocycles. The van der Waals surface area contributed by atoms with Gasteiger partial charge in [-0.1, -0.05) is 52.0 Å². The van der Waals surface area contributed by atoms with Crippen molar-refractivity contribution in [3.05, 3.63) is 46.7 Å². The van der Waals surface area contributed by atoms with E-state index < -0.39 is 5.97 Å². The highest BCUT2D eigenvalue weighted by atomic mass is 16.5. The fourth-order valence-electron chi connectivity index (χ4n) is 3.14. The number of urea groups is 1. The Morgan fingerprint density at radius 2 is 1.78 bits per heavy atom. The van der Waals surface area contributed by atoms with Gasteiger partial charge in [0.15, 0.2) is 0 Å². The predicted octanol–water partition coefficient (Wildman–Crippen LogP) is 3.23. The van der Waals surface area contributed by atoms with Crippen molar-refractivity contribution in [1.82, 2.24) is 16.0 Å². The maximum Gasteiger partial charge on any atom is 0.337 e. The number of hydrogen-bond donors (Lipinski definition) is 3. The van der Waals surface area contributed by atoms with Crippen molar-refractivity contribution < 1.29 is 14.3 Å². The highest BCUT2D eigenvalue weighted by Gasteiger charge is 2.25. The van der Waals surface area contributed by atoms with Crippen LogP contribution in [0.4, 0.5) is 4.79 Å². The molecule has 0 radical (unpaired) electrons. The van der Waals surface area contributed by atoms with Gasteiger partial charge in [0.1, 0.15) is 0 Å². The minimum atomic E-state index is -0.399. The highest BCUT2D eigenvalue weighted by Crippen LogP contribution is 2.24. The standard InChI is InChI=1S/C21H31N3O3/c1-6-27-20(25)17-11-23-21(26)24-18(17)12-22-19(14(4)5)16-9-7-15(8-10-16)13(2)3/h7-10,13-14,19,22H,6,11-12H2,1-5H3,(H2,23,24,26)/t19-/m0/s1. The second-order valence-electron chi connectivity index (χ2n) is 7.41. The zero-order valence-electron chi connectivity index (χ0n) is 16.9. The maximum atomic E-state index is 12.2. The zero-order chi connectivity index (χ0) is 20.0. The van der Waals surface area contributed by atoms with E-state index >= 15 is 0 Å². The molecule has 6 nitrogen and oxygen atoms in total. The Bertz CT molecular complexity index is 693. The van der Waals surface area contributed by atoms with Gasteiger partial charge in [-0.15, -0.1) is 0 Å². The van der Waals surface area contributed by atoms with Crippen LogP contribution in [-0.4, -0.2) is 31.7 Å². The molecule has 0 aliphatic carbocycles. The van der Waals surface area contributed by atoms with Gasteiger partial charge in [0.25, 0.3) is 0 Å². The smallest absolute Gasteiger partial charge is 0.337 e. The van der Waals surface area contributed by atoms with Crippen molar-refractivity contribution in [2.75, 3.05) is 19.7 Å². The van der Waals surface area contributed by atoms with Crippen LogP contribution in [0, 0.1) is 5.92 Å². The van der Waals surface area contributed by atoms with Crippen molar-refractivity contribution in [2.45, 2.75) is 46.6 Å². The van der Waals surface area contributed by atoms with Crippen molar-refractivity contribution in [3.8, 4) is 0 Å². The Morgan fingerprint density at radius 1 is 1.15 bits per heavy atom. The Balaban J connectivity index is 2.17. The number of carbonyl (C=O) groups is 2. The first-order valence-corrected chi connectivity index (χ1v) is 9.60. The predicted molar refractivity (Wildman–Crippen MR) is 106 cm³/mol. The van der Waals surface area contributed by atoms with Gasteiger partial charge in [-0.3, -0.25) is 0 Å². The van der Waals surface area contributed by atoms with Gasteiger partial charge in [0.2, 0.25) is 0 Å². The Kier molecular flexibility index (Phi) is 7.42. The van der Waals surface area contributed by atoms with E-state index in [1.54, 1.807) is 6.92 Å². The van der Waals surface area contributed by atoms with Crippen LogP contribution < -0.4 is 16.0 Å². The highest BCUT2D eigenvalue weighted by molar-refractivity contribution is 5.93. The van der Waals surface area contributed by atoms with E-state index in [1.165, 1.54) is 11.1 Å². The number of amides is 2. The molecule has 0 unspecified atom stereocenters. The van der Waals surface area contributed by atoms with Crippen LogP contribution in [0.25, 0.3) is 0 Å². The lowest BCUT2D eigenvalue weighted by molar-refractivity contribution is -0.138. The topological polar surface area (TPSA) is 79.5 Å². The summed E-state index contributed by atoms with van der Waals surface area (Å²) in [6, 6.07) is 8.42. The number of nitrogens with one attached hydrogen (secondary N) is 3. The monoisotopic (exact) mass is 373 g/mol. The molecule has 1 aliphatic heterocycles.